The first kappa shape index (κ1) is 15.1. The van der Waals surface area contributed by atoms with Gasteiger partial charge in [0, 0.05) is 31.9 Å². The van der Waals surface area contributed by atoms with E-state index >= 15 is 0 Å². The molecule has 5 heteroatoms. The fourth-order valence-corrected chi connectivity index (χ4v) is 2.63. The molecule has 1 aliphatic heterocycles. The number of hydrogen-bond acceptors (Lipinski definition) is 5. The Morgan fingerprint density at radius 2 is 2.30 bits per heavy atom. The first-order valence-corrected chi connectivity index (χ1v) is 7.22. The van der Waals surface area contributed by atoms with Crippen LogP contribution in [0.1, 0.15) is 18.5 Å². The molecule has 1 aromatic rings. The molecule has 2 rings (SSSR count). The molecular weight excluding hydrogens is 254 g/mol. The van der Waals surface area contributed by atoms with Crippen LogP contribution in [0.5, 0.6) is 5.75 Å². The lowest BCUT2D eigenvalue weighted by atomic mass is 10.2. The number of pyridine rings is 1. The van der Waals surface area contributed by atoms with Crippen LogP contribution < -0.4 is 15.0 Å². The lowest BCUT2D eigenvalue weighted by Gasteiger charge is -2.29. The van der Waals surface area contributed by atoms with Gasteiger partial charge in [-0.3, -0.25) is 4.98 Å². The molecular formula is C15H25N3O2. The van der Waals surface area contributed by atoms with E-state index in [1.54, 1.807) is 20.4 Å². The monoisotopic (exact) mass is 279 g/mol. The molecule has 2 heterocycles. The number of anilines is 1. The number of methoxy groups -OCH3 is 2. The van der Waals surface area contributed by atoms with Gasteiger partial charge >= 0.3 is 0 Å². The SMILES string of the molecule is COCCN(CC1CCCN1)c1cc(C)ncc1OC. The zero-order valence-corrected chi connectivity index (χ0v) is 12.7. The van der Waals surface area contributed by atoms with Crippen LogP contribution in [0.4, 0.5) is 5.69 Å². The molecule has 1 aromatic heterocycles. The third kappa shape index (κ3) is 3.84. The molecule has 20 heavy (non-hydrogen) atoms. The lowest BCUT2D eigenvalue weighted by Crippen LogP contribution is -2.39. The van der Waals surface area contributed by atoms with E-state index in [4.69, 9.17) is 9.47 Å². The summed E-state index contributed by atoms with van der Waals surface area (Å²) in [5.74, 6) is 0.824. The summed E-state index contributed by atoms with van der Waals surface area (Å²) in [6.45, 7) is 5.66. The molecule has 5 nitrogen and oxygen atoms in total. The Balaban J connectivity index is 2.17. The maximum Gasteiger partial charge on any atom is 0.160 e. The van der Waals surface area contributed by atoms with E-state index in [1.807, 2.05) is 6.92 Å². The summed E-state index contributed by atoms with van der Waals surface area (Å²) in [6.07, 6.45) is 4.29. The van der Waals surface area contributed by atoms with Gasteiger partial charge in [-0.1, -0.05) is 0 Å². The fraction of sp³-hybridized carbons (Fsp3) is 0.667. The highest BCUT2D eigenvalue weighted by atomic mass is 16.5. The van der Waals surface area contributed by atoms with Crippen molar-refractivity contribution in [2.75, 3.05) is 45.4 Å². The molecule has 1 saturated heterocycles. The van der Waals surface area contributed by atoms with E-state index in [1.165, 1.54) is 12.8 Å². The van der Waals surface area contributed by atoms with Gasteiger partial charge in [0.25, 0.3) is 0 Å². The van der Waals surface area contributed by atoms with Crippen molar-refractivity contribution in [3.05, 3.63) is 18.0 Å². The predicted octanol–water partition coefficient (Wildman–Crippen LogP) is 1.60. The van der Waals surface area contributed by atoms with Crippen molar-refractivity contribution < 1.29 is 9.47 Å². The van der Waals surface area contributed by atoms with E-state index in [0.29, 0.717) is 12.6 Å². The smallest absolute Gasteiger partial charge is 0.160 e. The Kier molecular flexibility index (Phi) is 5.61. The second-order valence-corrected chi connectivity index (χ2v) is 5.23. The van der Waals surface area contributed by atoms with Gasteiger partial charge in [-0.2, -0.15) is 0 Å². The molecule has 1 N–H and O–H groups in total. The van der Waals surface area contributed by atoms with Crippen LogP contribution in [0.25, 0.3) is 0 Å². The van der Waals surface area contributed by atoms with Crippen molar-refractivity contribution in [3.63, 3.8) is 0 Å². The van der Waals surface area contributed by atoms with Crippen LogP contribution in [0, 0.1) is 6.92 Å². The maximum absolute atomic E-state index is 5.46. The summed E-state index contributed by atoms with van der Waals surface area (Å²) in [5.41, 5.74) is 2.10. The molecule has 0 spiro atoms. The minimum Gasteiger partial charge on any atom is -0.493 e. The number of nitrogens with one attached hydrogen (secondary N) is 1. The van der Waals surface area contributed by atoms with Crippen molar-refractivity contribution in [3.8, 4) is 5.75 Å². The molecule has 0 saturated carbocycles. The summed E-state index contributed by atoms with van der Waals surface area (Å²) in [5, 5.41) is 3.55. The Morgan fingerprint density at radius 3 is 2.95 bits per heavy atom. The Morgan fingerprint density at radius 1 is 1.45 bits per heavy atom. The zero-order chi connectivity index (χ0) is 14.4. The van der Waals surface area contributed by atoms with Gasteiger partial charge in [0.15, 0.2) is 5.75 Å². The third-order valence-corrected chi connectivity index (χ3v) is 3.71. The van der Waals surface area contributed by atoms with E-state index < -0.39 is 0 Å². The average molecular weight is 279 g/mol. The van der Waals surface area contributed by atoms with Crippen molar-refractivity contribution in [2.45, 2.75) is 25.8 Å². The van der Waals surface area contributed by atoms with Crippen LogP contribution in [0.15, 0.2) is 12.3 Å². The highest BCUT2D eigenvalue weighted by Crippen LogP contribution is 2.28. The number of aryl methyl sites for hydroxylation is 1. The van der Waals surface area contributed by atoms with Crippen LogP contribution >= 0.6 is 0 Å². The molecule has 0 amide bonds. The number of hydrogen-bond donors (Lipinski definition) is 1. The first-order chi connectivity index (χ1) is 9.74. The minimum absolute atomic E-state index is 0.546. The van der Waals surface area contributed by atoms with Gasteiger partial charge in [-0.15, -0.1) is 0 Å². The van der Waals surface area contributed by atoms with Crippen LogP contribution in [0.3, 0.4) is 0 Å². The molecule has 0 radical (unpaired) electrons. The van der Waals surface area contributed by atoms with Crippen molar-refractivity contribution >= 4 is 5.69 Å². The molecule has 1 unspecified atom stereocenters. The predicted molar refractivity (Wildman–Crippen MR) is 80.6 cm³/mol. The topological polar surface area (TPSA) is 46.6 Å². The molecule has 0 aromatic carbocycles. The van der Waals surface area contributed by atoms with E-state index in [-0.39, 0.29) is 0 Å². The van der Waals surface area contributed by atoms with Crippen LogP contribution in [-0.4, -0.2) is 51.5 Å². The molecule has 1 fully saturated rings. The standard InChI is InChI=1S/C15H25N3O2/c1-12-9-14(15(20-3)10-17-12)18(7-8-19-2)11-13-5-4-6-16-13/h9-10,13,16H,4-8,11H2,1-3H3. The Labute approximate surface area is 121 Å². The zero-order valence-electron chi connectivity index (χ0n) is 12.7. The number of rotatable bonds is 7. The summed E-state index contributed by atoms with van der Waals surface area (Å²) < 4.78 is 10.7. The van der Waals surface area contributed by atoms with E-state index in [0.717, 1.165) is 36.8 Å². The maximum atomic E-state index is 5.46. The highest BCUT2D eigenvalue weighted by Gasteiger charge is 2.20. The van der Waals surface area contributed by atoms with Gasteiger partial charge in [-0.05, 0) is 32.4 Å². The summed E-state index contributed by atoms with van der Waals surface area (Å²) in [7, 11) is 3.43. The fourth-order valence-electron chi connectivity index (χ4n) is 2.63. The summed E-state index contributed by atoms with van der Waals surface area (Å²) >= 11 is 0. The van der Waals surface area contributed by atoms with Gasteiger partial charge in [0.05, 0.1) is 25.6 Å². The summed E-state index contributed by atoms with van der Waals surface area (Å²) in [6, 6.07) is 2.63. The molecule has 0 bridgehead atoms. The summed E-state index contributed by atoms with van der Waals surface area (Å²) in [4.78, 5) is 6.64. The number of nitrogens with zero attached hydrogens (tertiary/aromatic N) is 2. The minimum atomic E-state index is 0.546. The quantitative estimate of drug-likeness (QED) is 0.821. The van der Waals surface area contributed by atoms with Gasteiger partial charge < -0.3 is 19.7 Å². The van der Waals surface area contributed by atoms with Gasteiger partial charge in [0.1, 0.15) is 0 Å². The lowest BCUT2D eigenvalue weighted by molar-refractivity contribution is 0.204. The van der Waals surface area contributed by atoms with E-state index in [2.05, 4.69) is 21.3 Å². The van der Waals surface area contributed by atoms with Crippen molar-refractivity contribution in [1.29, 1.82) is 0 Å². The average Bonchev–Trinajstić information content (AvgIpc) is 2.96. The molecule has 0 aliphatic carbocycles. The van der Waals surface area contributed by atoms with Gasteiger partial charge in [0.2, 0.25) is 0 Å². The third-order valence-electron chi connectivity index (χ3n) is 3.71. The number of ether oxygens (including phenoxy) is 2. The van der Waals surface area contributed by atoms with Gasteiger partial charge in [-0.25, -0.2) is 0 Å². The Bertz CT molecular complexity index is 420. The van der Waals surface area contributed by atoms with Crippen molar-refractivity contribution in [2.24, 2.45) is 0 Å². The second-order valence-electron chi connectivity index (χ2n) is 5.23. The van der Waals surface area contributed by atoms with Crippen LogP contribution in [-0.2, 0) is 4.74 Å². The molecule has 112 valence electrons. The molecule has 1 aliphatic rings. The highest BCUT2D eigenvalue weighted by molar-refractivity contribution is 5.58. The van der Waals surface area contributed by atoms with E-state index in [9.17, 15) is 0 Å². The largest absolute Gasteiger partial charge is 0.493 e. The first-order valence-electron chi connectivity index (χ1n) is 7.22. The Hall–Kier alpha value is -1.33. The normalized spacial score (nSPS) is 18.2. The van der Waals surface area contributed by atoms with Crippen LogP contribution in [0.2, 0.25) is 0 Å². The van der Waals surface area contributed by atoms with Crippen molar-refractivity contribution in [1.82, 2.24) is 10.3 Å². The second kappa shape index (κ2) is 7.45. The molecule has 1 atom stereocenters. The number of aromatic nitrogens is 1.